The van der Waals surface area contributed by atoms with Crippen LogP contribution in [-0.2, 0) is 6.54 Å². The first-order chi connectivity index (χ1) is 20.0. The van der Waals surface area contributed by atoms with Crippen molar-refractivity contribution >= 4 is 29.3 Å². The molecule has 0 saturated heterocycles. The number of aliphatic hydroxyl groups excluding tert-OH is 1. The monoisotopic (exact) mass is 578 g/mol. The zero-order valence-electron chi connectivity index (χ0n) is 23.7. The molecule has 0 fully saturated rings. The summed E-state index contributed by atoms with van der Waals surface area (Å²) in [6.45, 7) is 4.83. The summed E-state index contributed by atoms with van der Waals surface area (Å²) in [6, 6.07) is 15.8. The smallest absolute Gasteiger partial charge is 0.335 e. The Morgan fingerprint density at radius 1 is 1.10 bits per heavy atom. The summed E-state index contributed by atoms with van der Waals surface area (Å²) in [7, 11) is 1.92. The van der Waals surface area contributed by atoms with Crippen LogP contribution in [0.5, 0.6) is 5.75 Å². The lowest BCUT2D eigenvalue weighted by atomic mass is 9.98. The van der Waals surface area contributed by atoms with Gasteiger partial charge < -0.3 is 30.5 Å². The van der Waals surface area contributed by atoms with E-state index in [0.29, 0.717) is 25.3 Å². The Labute approximate surface area is 243 Å². The molecule has 3 aromatic carbocycles. The van der Waals surface area contributed by atoms with Crippen LogP contribution in [-0.4, -0.2) is 76.8 Å². The van der Waals surface area contributed by atoms with Gasteiger partial charge in [-0.3, -0.25) is 9.69 Å². The average Bonchev–Trinajstić information content (AvgIpc) is 2.96. The van der Waals surface area contributed by atoms with E-state index in [-0.39, 0.29) is 41.0 Å². The number of likely N-dealkylation sites (N-methyl/N-ethyl adjacent to an activating group) is 1. The van der Waals surface area contributed by atoms with Crippen LogP contribution in [0, 0.1) is 11.7 Å². The number of carbonyl (C=O) groups is 3. The molecule has 3 atom stereocenters. The highest BCUT2D eigenvalue weighted by atomic mass is 19.1. The second-order valence-corrected chi connectivity index (χ2v) is 10.6. The number of benzene rings is 3. The number of rotatable bonds is 9. The van der Waals surface area contributed by atoms with E-state index in [1.54, 1.807) is 54.3 Å². The van der Waals surface area contributed by atoms with E-state index in [9.17, 15) is 29.0 Å². The molecule has 0 aliphatic carbocycles. The van der Waals surface area contributed by atoms with Crippen LogP contribution < -0.4 is 15.4 Å². The topological polar surface area (TPSA) is 131 Å². The summed E-state index contributed by atoms with van der Waals surface area (Å²) in [5.74, 6) is -1.69. The van der Waals surface area contributed by atoms with E-state index in [1.165, 1.54) is 24.3 Å². The molecule has 3 aromatic rings. The standard InChI is InChI=1S/C31H35FN4O6/c1-19-15-36(20(2)18-37)29(38)25-5-4-6-26(34-31(41)33-24-13-11-23(32)12-14-24)28(25)42-27(19)17-35(3)16-21-7-9-22(10-8-21)30(39)40/h4-14,19-20,27,37H,15-18H2,1-3H3,(H,39,40)(H2,33,34,41)/t19-,20-,27+/m1/s1. The van der Waals surface area contributed by atoms with Crippen LogP contribution in [0.25, 0.3) is 0 Å². The number of fused-ring (bicyclic) bond motifs is 1. The van der Waals surface area contributed by atoms with E-state index in [4.69, 9.17) is 4.74 Å². The molecular weight excluding hydrogens is 543 g/mol. The second kappa shape index (κ2) is 13.5. The van der Waals surface area contributed by atoms with Gasteiger partial charge in [0.25, 0.3) is 5.91 Å². The van der Waals surface area contributed by atoms with E-state index in [1.807, 2.05) is 18.9 Å². The van der Waals surface area contributed by atoms with Gasteiger partial charge in [-0.15, -0.1) is 0 Å². The molecule has 1 aliphatic rings. The predicted octanol–water partition coefficient (Wildman–Crippen LogP) is 4.52. The molecule has 0 aromatic heterocycles. The molecule has 11 heteroatoms. The molecule has 0 saturated carbocycles. The van der Waals surface area contributed by atoms with Crippen molar-refractivity contribution in [2.75, 3.05) is 37.4 Å². The molecule has 0 spiro atoms. The maximum atomic E-state index is 13.7. The summed E-state index contributed by atoms with van der Waals surface area (Å²) in [6.07, 6.45) is -0.420. The summed E-state index contributed by atoms with van der Waals surface area (Å²) in [4.78, 5) is 41.4. The first-order valence-corrected chi connectivity index (χ1v) is 13.6. The van der Waals surface area contributed by atoms with E-state index in [2.05, 4.69) is 10.6 Å². The Balaban J connectivity index is 1.60. The van der Waals surface area contributed by atoms with Crippen molar-refractivity contribution in [3.63, 3.8) is 0 Å². The van der Waals surface area contributed by atoms with Crippen molar-refractivity contribution < 1.29 is 33.7 Å². The van der Waals surface area contributed by atoms with Crippen LogP contribution in [0.4, 0.5) is 20.6 Å². The number of halogens is 1. The molecule has 3 amide bonds. The number of para-hydroxylation sites is 1. The minimum Gasteiger partial charge on any atom is -0.486 e. The van der Waals surface area contributed by atoms with E-state index in [0.717, 1.165) is 5.56 Å². The number of carboxylic acid groups (broad SMARTS) is 1. The second-order valence-electron chi connectivity index (χ2n) is 10.6. The fourth-order valence-electron chi connectivity index (χ4n) is 4.81. The largest absolute Gasteiger partial charge is 0.486 e. The number of nitrogens with one attached hydrogen (secondary N) is 2. The van der Waals surface area contributed by atoms with Crippen LogP contribution in [0.3, 0.4) is 0 Å². The normalized spacial score (nSPS) is 17.5. The first kappa shape index (κ1) is 30.5. The molecule has 4 N–H and O–H groups in total. The van der Waals surface area contributed by atoms with Crippen LogP contribution >= 0.6 is 0 Å². The van der Waals surface area contributed by atoms with Gasteiger partial charge in [0.05, 0.1) is 29.5 Å². The molecule has 42 heavy (non-hydrogen) atoms. The number of hydrogen-bond donors (Lipinski definition) is 4. The number of hydrogen-bond acceptors (Lipinski definition) is 6. The fourth-order valence-corrected chi connectivity index (χ4v) is 4.81. The number of carboxylic acids is 1. The molecule has 0 radical (unpaired) electrons. The molecule has 222 valence electrons. The lowest BCUT2D eigenvalue weighted by molar-refractivity contribution is 0.0343. The number of aromatic carboxylic acids is 1. The van der Waals surface area contributed by atoms with E-state index >= 15 is 0 Å². The van der Waals surface area contributed by atoms with Gasteiger partial charge in [0, 0.05) is 31.2 Å². The van der Waals surface area contributed by atoms with Crippen molar-refractivity contribution in [1.29, 1.82) is 0 Å². The van der Waals surface area contributed by atoms with Crippen molar-refractivity contribution in [3.05, 3.63) is 89.2 Å². The Morgan fingerprint density at radius 2 is 1.79 bits per heavy atom. The summed E-state index contributed by atoms with van der Waals surface area (Å²) in [5, 5.41) is 24.5. The molecule has 10 nitrogen and oxygen atoms in total. The summed E-state index contributed by atoms with van der Waals surface area (Å²) in [5.41, 5.74) is 2.05. The Bertz CT molecular complexity index is 1420. The number of carbonyl (C=O) groups excluding carboxylic acids is 2. The van der Waals surface area contributed by atoms with Crippen molar-refractivity contribution in [2.24, 2.45) is 5.92 Å². The third-order valence-corrected chi connectivity index (χ3v) is 7.19. The SMILES string of the molecule is C[C@@H]1CN([C@H](C)CO)C(=O)c2cccc(NC(=O)Nc3ccc(F)cc3)c2O[C@H]1CN(C)Cc1ccc(C(=O)O)cc1. The molecule has 4 rings (SSSR count). The number of anilines is 2. The number of ether oxygens (including phenoxy) is 1. The van der Waals surface area contributed by atoms with Gasteiger partial charge in [0.1, 0.15) is 11.9 Å². The van der Waals surface area contributed by atoms with Gasteiger partial charge in [0.15, 0.2) is 5.75 Å². The van der Waals surface area contributed by atoms with Gasteiger partial charge in [-0.25, -0.2) is 14.0 Å². The van der Waals surface area contributed by atoms with Crippen molar-refractivity contribution in [3.8, 4) is 5.75 Å². The predicted molar refractivity (Wildman–Crippen MR) is 156 cm³/mol. The lowest BCUT2D eigenvalue weighted by Gasteiger charge is -2.38. The highest BCUT2D eigenvalue weighted by molar-refractivity contribution is 6.04. The Morgan fingerprint density at radius 3 is 2.43 bits per heavy atom. The number of amides is 3. The molecule has 0 bridgehead atoms. The number of aliphatic hydroxyl groups is 1. The zero-order chi connectivity index (χ0) is 30.4. The third kappa shape index (κ3) is 7.42. The average molecular weight is 579 g/mol. The van der Waals surface area contributed by atoms with Gasteiger partial charge in [-0.05, 0) is 68.1 Å². The van der Waals surface area contributed by atoms with Gasteiger partial charge in [0.2, 0.25) is 0 Å². The lowest BCUT2D eigenvalue weighted by Crippen LogP contribution is -2.49. The van der Waals surface area contributed by atoms with Crippen molar-refractivity contribution in [1.82, 2.24) is 9.80 Å². The Kier molecular flexibility index (Phi) is 9.76. The molecule has 1 heterocycles. The quantitative estimate of drug-likeness (QED) is 0.294. The molecule has 1 aliphatic heterocycles. The maximum Gasteiger partial charge on any atom is 0.335 e. The summed E-state index contributed by atoms with van der Waals surface area (Å²) < 4.78 is 19.8. The van der Waals surface area contributed by atoms with Gasteiger partial charge in [-0.2, -0.15) is 0 Å². The third-order valence-electron chi connectivity index (χ3n) is 7.19. The van der Waals surface area contributed by atoms with Crippen LogP contribution in [0.15, 0.2) is 66.7 Å². The van der Waals surface area contributed by atoms with Crippen molar-refractivity contribution in [2.45, 2.75) is 32.5 Å². The molecule has 0 unspecified atom stereocenters. The fraction of sp³-hybridized carbons (Fsp3) is 0.323. The first-order valence-electron chi connectivity index (χ1n) is 13.6. The number of urea groups is 1. The van der Waals surface area contributed by atoms with Gasteiger partial charge in [-0.1, -0.05) is 25.1 Å². The number of nitrogens with zero attached hydrogens (tertiary/aromatic N) is 2. The zero-order valence-corrected chi connectivity index (χ0v) is 23.7. The summed E-state index contributed by atoms with van der Waals surface area (Å²) >= 11 is 0. The Hall–Kier alpha value is -4.48. The highest BCUT2D eigenvalue weighted by Crippen LogP contribution is 2.35. The van der Waals surface area contributed by atoms with E-state index < -0.39 is 30.0 Å². The minimum atomic E-state index is -0.989. The van der Waals surface area contributed by atoms with Gasteiger partial charge >= 0.3 is 12.0 Å². The maximum absolute atomic E-state index is 13.7. The van der Waals surface area contributed by atoms with Crippen LogP contribution in [0.2, 0.25) is 0 Å². The van der Waals surface area contributed by atoms with Crippen LogP contribution in [0.1, 0.15) is 40.1 Å². The minimum absolute atomic E-state index is 0.158. The highest BCUT2D eigenvalue weighted by Gasteiger charge is 2.34. The molecular formula is C31H35FN4O6.